The van der Waals surface area contributed by atoms with E-state index in [1.165, 1.54) is 13.2 Å². The molecule has 124 valence electrons. The Kier molecular flexibility index (Phi) is 5.96. The lowest BCUT2D eigenvalue weighted by Crippen LogP contribution is -2.20. The average Bonchev–Trinajstić information content (AvgIpc) is 2.59. The molecule has 0 aliphatic rings. The number of methoxy groups -OCH3 is 1. The first kappa shape index (κ1) is 17.1. The van der Waals surface area contributed by atoms with Gasteiger partial charge in [-0.15, -0.1) is 0 Å². The van der Waals surface area contributed by atoms with Gasteiger partial charge >= 0.3 is 5.97 Å². The van der Waals surface area contributed by atoms with E-state index in [0.29, 0.717) is 22.7 Å². The molecule has 6 heteroatoms. The largest absolute Gasteiger partial charge is 0.495 e. The van der Waals surface area contributed by atoms with Crippen LogP contribution in [-0.4, -0.2) is 30.7 Å². The molecule has 2 N–H and O–H groups in total. The first-order valence-corrected chi connectivity index (χ1v) is 7.16. The van der Waals surface area contributed by atoms with E-state index in [9.17, 15) is 9.59 Å². The predicted octanol–water partition coefficient (Wildman–Crippen LogP) is 2.81. The number of para-hydroxylation sites is 3. The minimum absolute atomic E-state index is 0.212. The van der Waals surface area contributed by atoms with E-state index in [1.54, 1.807) is 48.5 Å². The first-order chi connectivity index (χ1) is 11.6. The maximum atomic E-state index is 12.0. The van der Waals surface area contributed by atoms with Gasteiger partial charge in [0.15, 0.2) is 6.61 Å². The summed E-state index contributed by atoms with van der Waals surface area (Å²) in [6.45, 7) is -0.212. The van der Waals surface area contributed by atoms with Crippen molar-refractivity contribution in [3.63, 3.8) is 0 Å². The zero-order valence-electron chi connectivity index (χ0n) is 13.1. The van der Waals surface area contributed by atoms with Crippen LogP contribution in [0.25, 0.3) is 6.08 Å². The lowest BCUT2D eigenvalue weighted by molar-refractivity contribution is -0.131. The minimum Gasteiger partial charge on any atom is -0.495 e. The number of carbonyl (C=O) groups excluding carboxylic acids is 1. The molecule has 0 aliphatic heterocycles. The van der Waals surface area contributed by atoms with Crippen molar-refractivity contribution in [3.05, 3.63) is 60.2 Å². The Balaban J connectivity index is 2.01. The standard InChI is InChI=1S/C18H17NO5/c1-23-16-9-5-3-7-14(16)19-17(20)12-24-15-8-4-2-6-13(15)10-11-18(21)22/h2-11H,12H2,1H3,(H,19,20)(H,21,22). The number of anilines is 1. The normalized spacial score (nSPS) is 10.4. The van der Waals surface area contributed by atoms with Gasteiger partial charge in [-0.3, -0.25) is 4.79 Å². The topological polar surface area (TPSA) is 84.9 Å². The molecule has 2 aromatic rings. The van der Waals surface area contributed by atoms with Crippen LogP contribution in [0.2, 0.25) is 0 Å². The Morgan fingerprint density at radius 1 is 1.08 bits per heavy atom. The lowest BCUT2D eigenvalue weighted by atomic mass is 10.2. The van der Waals surface area contributed by atoms with E-state index in [4.69, 9.17) is 14.6 Å². The molecule has 0 aliphatic carbocycles. The summed E-state index contributed by atoms with van der Waals surface area (Å²) < 4.78 is 10.6. The number of carbonyl (C=O) groups is 2. The Morgan fingerprint density at radius 2 is 1.75 bits per heavy atom. The Labute approximate surface area is 139 Å². The summed E-state index contributed by atoms with van der Waals surface area (Å²) >= 11 is 0. The van der Waals surface area contributed by atoms with Crippen LogP contribution in [0.15, 0.2) is 54.6 Å². The van der Waals surface area contributed by atoms with Crippen molar-refractivity contribution in [1.29, 1.82) is 0 Å². The molecular formula is C18H17NO5. The Bertz CT molecular complexity index is 755. The molecular weight excluding hydrogens is 310 g/mol. The summed E-state index contributed by atoms with van der Waals surface area (Å²) in [6, 6.07) is 13.9. The molecule has 24 heavy (non-hydrogen) atoms. The van der Waals surface area contributed by atoms with Gasteiger partial charge < -0.3 is 19.9 Å². The number of benzene rings is 2. The third kappa shape index (κ3) is 4.88. The lowest BCUT2D eigenvalue weighted by Gasteiger charge is -2.11. The van der Waals surface area contributed by atoms with Crippen molar-refractivity contribution >= 4 is 23.6 Å². The molecule has 1 amide bonds. The van der Waals surface area contributed by atoms with Crippen molar-refractivity contribution in [2.45, 2.75) is 0 Å². The third-order valence-corrected chi connectivity index (χ3v) is 3.06. The fourth-order valence-electron chi connectivity index (χ4n) is 1.99. The highest BCUT2D eigenvalue weighted by atomic mass is 16.5. The number of carboxylic acid groups (broad SMARTS) is 1. The average molecular weight is 327 g/mol. The number of hydrogen-bond donors (Lipinski definition) is 2. The van der Waals surface area contributed by atoms with Crippen molar-refractivity contribution in [2.24, 2.45) is 0 Å². The maximum absolute atomic E-state index is 12.0. The number of carboxylic acids is 1. The molecule has 0 fully saturated rings. The zero-order valence-corrected chi connectivity index (χ0v) is 13.1. The highest BCUT2D eigenvalue weighted by molar-refractivity contribution is 5.93. The van der Waals surface area contributed by atoms with Gasteiger partial charge in [-0.25, -0.2) is 4.79 Å². The number of ether oxygens (including phenoxy) is 2. The van der Waals surface area contributed by atoms with E-state index >= 15 is 0 Å². The second kappa shape index (κ2) is 8.38. The van der Waals surface area contributed by atoms with Crippen LogP contribution in [0.5, 0.6) is 11.5 Å². The van der Waals surface area contributed by atoms with Crippen LogP contribution < -0.4 is 14.8 Å². The number of amides is 1. The molecule has 0 heterocycles. The van der Waals surface area contributed by atoms with Crippen LogP contribution in [0.1, 0.15) is 5.56 Å². The fourth-order valence-corrected chi connectivity index (χ4v) is 1.99. The van der Waals surface area contributed by atoms with Crippen LogP contribution in [0, 0.1) is 0 Å². The number of aliphatic carboxylic acids is 1. The molecule has 2 aromatic carbocycles. The van der Waals surface area contributed by atoms with Gasteiger partial charge in [-0.05, 0) is 24.3 Å². The molecule has 0 unspecified atom stereocenters. The summed E-state index contributed by atoms with van der Waals surface area (Å²) in [7, 11) is 1.52. The molecule has 0 aromatic heterocycles. The summed E-state index contributed by atoms with van der Waals surface area (Å²) in [6.07, 6.45) is 2.42. The third-order valence-electron chi connectivity index (χ3n) is 3.06. The summed E-state index contributed by atoms with van der Waals surface area (Å²) in [5.74, 6) is -0.434. The van der Waals surface area contributed by atoms with E-state index in [1.807, 2.05) is 0 Å². The smallest absolute Gasteiger partial charge is 0.328 e. The number of hydrogen-bond acceptors (Lipinski definition) is 4. The van der Waals surface area contributed by atoms with Crippen LogP contribution in [-0.2, 0) is 9.59 Å². The molecule has 2 rings (SSSR count). The van der Waals surface area contributed by atoms with Gasteiger partial charge in [0.25, 0.3) is 5.91 Å². The van der Waals surface area contributed by atoms with Crippen molar-refractivity contribution < 1.29 is 24.2 Å². The maximum Gasteiger partial charge on any atom is 0.328 e. The second-order valence-corrected chi connectivity index (χ2v) is 4.75. The summed E-state index contributed by atoms with van der Waals surface area (Å²) in [4.78, 5) is 22.6. The van der Waals surface area contributed by atoms with Gasteiger partial charge in [0.2, 0.25) is 0 Å². The number of rotatable bonds is 7. The van der Waals surface area contributed by atoms with Gasteiger partial charge in [0.05, 0.1) is 12.8 Å². The Morgan fingerprint density at radius 3 is 2.46 bits per heavy atom. The minimum atomic E-state index is -1.06. The van der Waals surface area contributed by atoms with E-state index < -0.39 is 5.97 Å². The molecule has 0 spiro atoms. The van der Waals surface area contributed by atoms with Gasteiger partial charge in [-0.2, -0.15) is 0 Å². The van der Waals surface area contributed by atoms with Crippen molar-refractivity contribution in [3.8, 4) is 11.5 Å². The monoisotopic (exact) mass is 327 g/mol. The zero-order chi connectivity index (χ0) is 17.4. The van der Waals surface area contributed by atoms with Crippen LogP contribution >= 0.6 is 0 Å². The fraction of sp³-hybridized carbons (Fsp3) is 0.111. The second-order valence-electron chi connectivity index (χ2n) is 4.75. The van der Waals surface area contributed by atoms with Gasteiger partial charge in [-0.1, -0.05) is 30.3 Å². The number of nitrogens with one attached hydrogen (secondary N) is 1. The quantitative estimate of drug-likeness (QED) is 0.764. The highest BCUT2D eigenvalue weighted by Crippen LogP contribution is 2.23. The molecule has 0 radical (unpaired) electrons. The molecule has 0 saturated heterocycles. The Hall–Kier alpha value is -3.28. The summed E-state index contributed by atoms with van der Waals surface area (Å²) in [5, 5.41) is 11.4. The van der Waals surface area contributed by atoms with Crippen molar-refractivity contribution in [1.82, 2.24) is 0 Å². The van der Waals surface area contributed by atoms with Gasteiger partial charge in [0, 0.05) is 11.6 Å². The predicted molar refractivity (Wildman–Crippen MR) is 90.2 cm³/mol. The molecule has 6 nitrogen and oxygen atoms in total. The highest BCUT2D eigenvalue weighted by Gasteiger charge is 2.09. The molecule has 0 saturated carbocycles. The van der Waals surface area contributed by atoms with E-state index in [-0.39, 0.29) is 12.5 Å². The molecule has 0 bridgehead atoms. The molecule has 0 atom stereocenters. The van der Waals surface area contributed by atoms with Gasteiger partial charge in [0.1, 0.15) is 11.5 Å². The van der Waals surface area contributed by atoms with Crippen molar-refractivity contribution in [2.75, 3.05) is 19.0 Å². The summed E-state index contributed by atoms with van der Waals surface area (Å²) in [5.41, 5.74) is 1.12. The first-order valence-electron chi connectivity index (χ1n) is 7.16. The van der Waals surface area contributed by atoms with Crippen LogP contribution in [0.4, 0.5) is 5.69 Å². The SMILES string of the molecule is COc1ccccc1NC(=O)COc1ccccc1C=CC(=O)O. The van der Waals surface area contributed by atoms with E-state index in [2.05, 4.69) is 5.32 Å². The van der Waals surface area contributed by atoms with Crippen LogP contribution in [0.3, 0.4) is 0 Å². The van der Waals surface area contributed by atoms with E-state index in [0.717, 1.165) is 6.08 Å².